The fourth-order valence-electron chi connectivity index (χ4n) is 4.31. The molecule has 2 heterocycles. The van der Waals surface area contributed by atoms with Crippen molar-refractivity contribution in [2.75, 3.05) is 11.9 Å². The lowest BCUT2D eigenvalue weighted by molar-refractivity contribution is -0.0757. The van der Waals surface area contributed by atoms with E-state index in [4.69, 9.17) is 4.42 Å². The molecule has 0 unspecified atom stereocenters. The van der Waals surface area contributed by atoms with Gasteiger partial charge >= 0.3 is 12.0 Å². The Balaban J connectivity index is 1.61. The number of likely N-dealkylation sites (tertiary alicyclic amines) is 1. The lowest BCUT2D eigenvalue weighted by Gasteiger charge is -2.61. The van der Waals surface area contributed by atoms with Gasteiger partial charge in [-0.1, -0.05) is 43.2 Å². The Morgan fingerprint density at radius 3 is 2.75 bits per heavy atom. The van der Waals surface area contributed by atoms with E-state index in [1.807, 2.05) is 24.8 Å². The van der Waals surface area contributed by atoms with Crippen molar-refractivity contribution < 1.29 is 9.21 Å². The summed E-state index contributed by atoms with van der Waals surface area (Å²) >= 11 is 0. The van der Waals surface area contributed by atoms with Gasteiger partial charge in [-0.2, -0.15) is 4.98 Å². The molecule has 1 saturated carbocycles. The molecular weight excluding hydrogens is 302 g/mol. The Morgan fingerprint density at radius 1 is 1.29 bits per heavy atom. The summed E-state index contributed by atoms with van der Waals surface area (Å²) in [6.45, 7) is 4.53. The average molecular weight is 325 g/mol. The number of oxazole rings is 1. The summed E-state index contributed by atoms with van der Waals surface area (Å²) in [5, 5.41) is 2.84. The number of rotatable bonds is 2. The van der Waals surface area contributed by atoms with Crippen LogP contribution < -0.4 is 5.32 Å². The summed E-state index contributed by atoms with van der Waals surface area (Å²) < 4.78 is 5.51. The van der Waals surface area contributed by atoms with Gasteiger partial charge in [-0.3, -0.25) is 5.32 Å². The van der Waals surface area contributed by atoms with Crippen LogP contribution in [0.5, 0.6) is 0 Å². The van der Waals surface area contributed by atoms with Gasteiger partial charge in [-0.05, 0) is 32.3 Å². The number of aromatic nitrogens is 1. The number of amides is 2. The van der Waals surface area contributed by atoms with Crippen LogP contribution in [-0.2, 0) is 5.54 Å². The maximum absolute atomic E-state index is 12.9. The van der Waals surface area contributed by atoms with Gasteiger partial charge in [0, 0.05) is 12.5 Å². The summed E-state index contributed by atoms with van der Waals surface area (Å²) in [5.41, 5.74) is 1.89. The molecule has 2 fully saturated rings. The van der Waals surface area contributed by atoms with Crippen molar-refractivity contribution in [3.8, 4) is 0 Å². The van der Waals surface area contributed by atoms with Gasteiger partial charge in [-0.25, -0.2) is 4.79 Å². The average Bonchev–Trinajstić information content (AvgIpc) is 2.87. The molecule has 1 aromatic heterocycles. The molecule has 1 aliphatic heterocycles. The van der Waals surface area contributed by atoms with E-state index in [9.17, 15) is 4.79 Å². The van der Waals surface area contributed by atoms with E-state index in [1.165, 1.54) is 18.4 Å². The number of urea groups is 1. The standard InChI is InChI=1S/C19H23N3O2/c1-13-14(2)24-17(20-13)21-18(23)22-12-16-10-6-7-11-19(16,22)15-8-4-3-5-9-15/h3-5,8-9,16H,6-7,10-12H2,1-2H3,(H,20,21,23)/t16-,19-/m0/s1. The van der Waals surface area contributed by atoms with Crippen LogP contribution in [0.15, 0.2) is 34.7 Å². The quantitative estimate of drug-likeness (QED) is 0.899. The molecule has 5 heteroatoms. The van der Waals surface area contributed by atoms with E-state index in [2.05, 4.69) is 34.6 Å². The number of hydrogen-bond acceptors (Lipinski definition) is 3. The summed E-state index contributed by atoms with van der Waals surface area (Å²) in [6.07, 6.45) is 4.63. The molecule has 24 heavy (non-hydrogen) atoms. The van der Waals surface area contributed by atoms with Crippen LogP contribution in [0.2, 0.25) is 0 Å². The van der Waals surface area contributed by atoms with Crippen molar-refractivity contribution in [1.82, 2.24) is 9.88 Å². The SMILES string of the molecule is Cc1nc(NC(=O)N2C[C@@H]3CCCC[C@]32c2ccccc2)oc1C. The predicted molar refractivity (Wildman–Crippen MR) is 91.8 cm³/mol. The van der Waals surface area contributed by atoms with Crippen LogP contribution in [0.3, 0.4) is 0 Å². The van der Waals surface area contributed by atoms with E-state index in [1.54, 1.807) is 0 Å². The Bertz CT molecular complexity index is 736. The number of benzene rings is 1. The predicted octanol–water partition coefficient (Wildman–Crippen LogP) is 4.22. The van der Waals surface area contributed by atoms with Crippen molar-refractivity contribution in [3.63, 3.8) is 0 Å². The largest absolute Gasteiger partial charge is 0.428 e. The number of aryl methyl sites for hydroxylation is 2. The molecule has 126 valence electrons. The van der Waals surface area contributed by atoms with Crippen molar-refractivity contribution in [1.29, 1.82) is 0 Å². The molecule has 1 N–H and O–H groups in total. The number of nitrogens with one attached hydrogen (secondary N) is 1. The van der Waals surface area contributed by atoms with Crippen molar-refractivity contribution in [3.05, 3.63) is 47.3 Å². The second-order valence-electron chi connectivity index (χ2n) is 6.93. The van der Waals surface area contributed by atoms with Crippen LogP contribution >= 0.6 is 0 Å². The van der Waals surface area contributed by atoms with Crippen LogP contribution in [-0.4, -0.2) is 22.5 Å². The number of carbonyl (C=O) groups excluding carboxylic acids is 1. The Kier molecular flexibility index (Phi) is 3.59. The number of carbonyl (C=O) groups is 1. The first kappa shape index (κ1) is 15.2. The highest BCUT2D eigenvalue weighted by atomic mass is 16.4. The number of anilines is 1. The molecule has 2 aromatic rings. The molecule has 1 aromatic carbocycles. The Morgan fingerprint density at radius 2 is 2.08 bits per heavy atom. The molecule has 2 atom stereocenters. The van der Waals surface area contributed by atoms with Gasteiger partial charge < -0.3 is 9.32 Å². The topological polar surface area (TPSA) is 58.4 Å². The maximum Gasteiger partial charge on any atom is 0.326 e. The van der Waals surface area contributed by atoms with Crippen LogP contribution in [0.1, 0.15) is 42.7 Å². The first-order chi connectivity index (χ1) is 11.6. The van der Waals surface area contributed by atoms with Crippen molar-refractivity contribution >= 4 is 12.0 Å². The molecule has 0 bridgehead atoms. The van der Waals surface area contributed by atoms with Gasteiger partial charge in [0.05, 0.1) is 11.2 Å². The molecule has 2 amide bonds. The highest BCUT2D eigenvalue weighted by Crippen LogP contribution is 2.53. The normalized spacial score (nSPS) is 25.8. The monoisotopic (exact) mass is 325 g/mol. The van der Waals surface area contributed by atoms with Crippen molar-refractivity contribution in [2.24, 2.45) is 5.92 Å². The van der Waals surface area contributed by atoms with E-state index >= 15 is 0 Å². The first-order valence-electron chi connectivity index (χ1n) is 8.69. The second kappa shape index (κ2) is 5.65. The van der Waals surface area contributed by atoms with E-state index in [-0.39, 0.29) is 17.6 Å². The third kappa shape index (κ3) is 2.22. The number of fused-ring (bicyclic) bond motifs is 1. The first-order valence-corrected chi connectivity index (χ1v) is 8.69. The van der Waals surface area contributed by atoms with Gasteiger partial charge in [0.15, 0.2) is 0 Å². The minimum atomic E-state index is -0.166. The molecule has 0 spiro atoms. The Labute approximate surface area is 142 Å². The zero-order chi connectivity index (χ0) is 16.7. The minimum Gasteiger partial charge on any atom is -0.428 e. The molecule has 1 aliphatic carbocycles. The van der Waals surface area contributed by atoms with Crippen molar-refractivity contribution in [2.45, 2.75) is 45.1 Å². The van der Waals surface area contributed by atoms with Crippen LogP contribution in [0, 0.1) is 19.8 Å². The Hall–Kier alpha value is -2.30. The molecule has 5 nitrogen and oxygen atoms in total. The fraction of sp³-hybridized carbons (Fsp3) is 0.474. The zero-order valence-electron chi connectivity index (χ0n) is 14.2. The van der Waals surface area contributed by atoms with Gasteiger partial charge in [0.2, 0.25) is 0 Å². The van der Waals surface area contributed by atoms with E-state index < -0.39 is 0 Å². The summed E-state index contributed by atoms with van der Waals surface area (Å²) in [6, 6.07) is 10.6. The minimum absolute atomic E-state index is 0.113. The number of hydrogen-bond donors (Lipinski definition) is 1. The fourth-order valence-corrected chi connectivity index (χ4v) is 4.31. The summed E-state index contributed by atoms with van der Waals surface area (Å²) in [5.74, 6) is 1.29. The molecule has 4 rings (SSSR count). The third-order valence-electron chi connectivity index (χ3n) is 5.68. The van der Waals surface area contributed by atoms with E-state index in [0.29, 0.717) is 5.92 Å². The second-order valence-corrected chi connectivity index (χ2v) is 6.93. The molecular formula is C19H23N3O2. The lowest BCUT2D eigenvalue weighted by atomic mass is 9.62. The zero-order valence-corrected chi connectivity index (χ0v) is 14.2. The van der Waals surface area contributed by atoms with Crippen LogP contribution in [0.4, 0.5) is 10.8 Å². The van der Waals surface area contributed by atoms with Gasteiger partial charge in [-0.15, -0.1) is 0 Å². The highest BCUT2D eigenvalue weighted by molar-refractivity contribution is 5.88. The summed E-state index contributed by atoms with van der Waals surface area (Å²) in [4.78, 5) is 19.1. The molecule has 0 radical (unpaired) electrons. The summed E-state index contributed by atoms with van der Waals surface area (Å²) in [7, 11) is 0. The molecule has 1 saturated heterocycles. The smallest absolute Gasteiger partial charge is 0.326 e. The maximum atomic E-state index is 12.9. The van der Waals surface area contributed by atoms with Gasteiger partial charge in [0.25, 0.3) is 0 Å². The van der Waals surface area contributed by atoms with Gasteiger partial charge in [0.1, 0.15) is 5.76 Å². The third-order valence-corrected chi connectivity index (χ3v) is 5.68. The van der Waals surface area contributed by atoms with E-state index in [0.717, 1.165) is 30.8 Å². The lowest BCUT2D eigenvalue weighted by Crippen LogP contribution is -2.68. The number of nitrogens with zero attached hydrogens (tertiary/aromatic N) is 2. The molecule has 2 aliphatic rings. The van der Waals surface area contributed by atoms with Crippen LogP contribution in [0.25, 0.3) is 0 Å². The highest BCUT2D eigenvalue weighted by Gasteiger charge is 2.57.